The highest BCUT2D eigenvalue weighted by atomic mass is 16.3. The van der Waals surface area contributed by atoms with Crippen molar-refractivity contribution in [2.24, 2.45) is 0 Å². The molecule has 2 fully saturated rings. The lowest BCUT2D eigenvalue weighted by Gasteiger charge is -2.35. The van der Waals surface area contributed by atoms with E-state index >= 15 is 0 Å². The van der Waals surface area contributed by atoms with E-state index in [1.54, 1.807) is 12.1 Å². The number of quaternary nitrogens is 1. The lowest BCUT2D eigenvalue weighted by Crippen LogP contribution is -3.19. The summed E-state index contributed by atoms with van der Waals surface area (Å²) >= 11 is 0. The predicted molar refractivity (Wildman–Crippen MR) is 103 cm³/mol. The fourth-order valence-corrected chi connectivity index (χ4v) is 4.08. The van der Waals surface area contributed by atoms with Crippen LogP contribution in [0, 0.1) is 6.92 Å². The van der Waals surface area contributed by atoms with E-state index in [0.29, 0.717) is 5.69 Å². The fraction of sp³-hybridized carbons (Fsp3) is 0.333. The molecule has 4 rings (SSSR count). The number of hydrogen-bond acceptors (Lipinski definition) is 4. The van der Waals surface area contributed by atoms with E-state index in [4.69, 9.17) is 0 Å². The van der Waals surface area contributed by atoms with Gasteiger partial charge in [-0.3, -0.25) is 9.59 Å². The molecule has 0 unspecified atom stereocenters. The lowest BCUT2D eigenvalue weighted by molar-refractivity contribution is -0.915. The quantitative estimate of drug-likeness (QED) is 0.787. The Balaban J connectivity index is 1.45. The molecule has 2 aromatic carbocycles. The molecule has 6 nitrogen and oxygen atoms in total. The SMILES string of the molecule is Cc1ccccc1N1C(=O)C[C@H]([NH+]2CCN(c3ccc(O)cc3)CC2)C1=O. The molecule has 2 saturated heterocycles. The number of amides is 2. The first-order valence-corrected chi connectivity index (χ1v) is 9.35. The van der Waals surface area contributed by atoms with E-state index in [9.17, 15) is 14.7 Å². The van der Waals surface area contributed by atoms with Crippen molar-refractivity contribution in [3.05, 3.63) is 54.1 Å². The van der Waals surface area contributed by atoms with Crippen LogP contribution in [0.1, 0.15) is 12.0 Å². The highest BCUT2D eigenvalue weighted by molar-refractivity contribution is 6.22. The van der Waals surface area contributed by atoms with Gasteiger partial charge >= 0.3 is 0 Å². The number of phenols is 1. The van der Waals surface area contributed by atoms with Gasteiger partial charge in [-0.15, -0.1) is 0 Å². The van der Waals surface area contributed by atoms with Gasteiger partial charge in [0.1, 0.15) is 5.75 Å². The maximum atomic E-state index is 13.0. The summed E-state index contributed by atoms with van der Waals surface area (Å²) < 4.78 is 0. The Bertz CT molecular complexity index is 857. The van der Waals surface area contributed by atoms with E-state index < -0.39 is 0 Å². The second kappa shape index (κ2) is 7.04. The fourth-order valence-electron chi connectivity index (χ4n) is 4.08. The van der Waals surface area contributed by atoms with Crippen molar-refractivity contribution in [1.29, 1.82) is 0 Å². The molecular formula is C21H24N3O3+. The third-order valence-corrected chi connectivity index (χ3v) is 5.62. The van der Waals surface area contributed by atoms with Gasteiger partial charge in [0.15, 0.2) is 6.04 Å². The molecule has 1 atom stereocenters. The number of nitrogens with zero attached hydrogens (tertiary/aromatic N) is 2. The van der Waals surface area contributed by atoms with Crippen LogP contribution in [0.2, 0.25) is 0 Å². The number of piperazine rings is 1. The summed E-state index contributed by atoms with van der Waals surface area (Å²) in [6.07, 6.45) is 0.279. The molecule has 6 heteroatoms. The van der Waals surface area contributed by atoms with E-state index in [1.807, 2.05) is 43.3 Å². The Labute approximate surface area is 158 Å². The third kappa shape index (κ3) is 3.28. The molecule has 2 N–H and O–H groups in total. The van der Waals surface area contributed by atoms with E-state index in [0.717, 1.165) is 37.4 Å². The van der Waals surface area contributed by atoms with Crippen molar-refractivity contribution in [2.45, 2.75) is 19.4 Å². The molecule has 2 aliphatic heterocycles. The average molecular weight is 366 g/mol. The van der Waals surface area contributed by atoms with Crippen molar-refractivity contribution in [2.75, 3.05) is 36.0 Å². The maximum Gasteiger partial charge on any atom is 0.292 e. The van der Waals surface area contributed by atoms with Crippen LogP contribution < -0.4 is 14.7 Å². The molecule has 2 aromatic rings. The molecule has 0 aliphatic carbocycles. The second-order valence-electron chi connectivity index (χ2n) is 7.27. The molecule has 0 radical (unpaired) electrons. The minimum Gasteiger partial charge on any atom is -0.508 e. The van der Waals surface area contributed by atoms with Gasteiger partial charge in [0, 0.05) is 5.69 Å². The van der Waals surface area contributed by atoms with Crippen LogP contribution in [0.5, 0.6) is 5.75 Å². The van der Waals surface area contributed by atoms with Gasteiger partial charge in [-0.25, -0.2) is 4.90 Å². The monoisotopic (exact) mass is 366 g/mol. The zero-order chi connectivity index (χ0) is 19.0. The lowest BCUT2D eigenvalue weighted by atomic mass is 10.1. The van der Waals surface area contributed by atoms with Crippen LogP contribution in [-0.2, 0) is 9.59 Å². The average Bonchev–Trinajstić information content (AvgIpc) is 2.97. The molecule has 140 valence electrons. The number of imide groups is 1. The highest BCUT2D eigenvalue weighted by Gasteiger charge is 2.46. The Morgan fingerprint density at radius 3 is 2.33 bits per heavy atom. The summed E-state index contributed by atoms with van der Waals surface area (Å²) in [5, 5.41) is 9.44. The van der Waals surface area contributed by atoms with Crippen molar-refractivity contribution in [3.8, 4) is 5.75 Å². The van der Waals surface area contributed by atoms with Crippen molar-refractivity contribution in [3.63, 3.8) is 0 Å². The van der Waals surface area contributed by atoms with Crippen molar-refractivity contribution < 1.29 is 19.6 Å². The number of nitrogens with one attached hydrogen (secondary N) is 1. The normalized spacial score (nSPS) is 21.1. The first-order chi connectivity index (χ1) is 13.0. The van der Waals surface area contributed by atoms with Gasteiger partial charge in [-0.1, -0.05) is 18.2 Å². The number of benzene rings is 2. The summed E-state index contributed by atoms with van der Waals surface area (Å²) in [7, 11) is 0. The van der Waals surface area contributed by atoms with Gasteiger partial charge in [-0.2, -0.15) is 0 Å². The number of hydrogen-bond donors (Lipinski definition) is 2. The predicted octanol–water partition coefficient (Wildman–Crippen LogP) is 0.738. The summed E-state index contributed by atoms with van der Waals surface area (Å²) in [5.74, 6) is 0.0736. The summed E-state index contributed by atoms with van der Waals surface area (Å²) in [5.41, 5.74) is 2.71. The zero-order valence-corrected chi connectivity index (χ0v) is 15.4. The number of aryl methyl sites for hydroxylation is 1. The van der Waals surface area contributed by atoms with Crippen LogP contribution in [0.3, 0.4) is 0 Å². The molecule has 0 saturated carbocycles. The Kier molecular flexibility index (Phi) is 4.58. The van der Waals surface area contributed by atoms with Crippen molar-refractivity contribution >= 4 is 23.2 Å². The minimum absolute atomic E-state index is 0.0811. The standard InChI is InChI=1S/C21H23N3O3/c1-15-4-2-3-5-18(15)24-20(26)14-19(21(24)27)23-12-10-22(11-13-23)16-6-8-17(25)9-7-16/h2-9,19,25H,10-14H2,1H3/p+1/t19-/m0/s1. The van der Waals surface area contributed by atoms with Gasteiger partial charge in [0.05, 0.1) is 38.3 Å². The first kappa shape index (κ1) is 17.5. The molecular weight excluding hydrogens is 342 g/mol. The van der Waals surface area contributed by atoms with Crippen LogP contribution in [0.4, 0.5) is 11.4 Å². The molecule has 27 heavy (non-hydrogen) atoms. The van der Waals surface area contributed by atoms with Crippen LogP contribution in [0.15, 0.2) is 48.5 Å². The van der Waals surface area contributed by atoms with Gasteiger partial charge in [0.2, 0.25) is 5.91 Å². The largest absolute Gasteiger partial charge is 0.508 e. The van der Waals surface area contributed by atoms with Gasteiger partial charge in [0.25, 0.3) is 5.91 Å². The summed E-state index contributed by atoms with van der Waals surface area (Å²) in [6.45, 7) is 5.19. The van der Waals surface area contributed by atoms with E-state index in [2.05, 4.69) is 4.90 Å². The molecule has 0 spiro atoms. The molecule has 2 aliphatic rings. The van der Waals surface area contributed by atoms with E-state index in [1.165, 1.54) is 9.80 Å². The number of phenolic OH excluding ortho intramolecular Hbond substituents is 1. The van der Waals surface area contributed by atoms with E-state index in [-0.39, 0.29) is 30.0 Å². The highest BCUT2D eigenvalue weighted by Crippen LogP contribution is 2.25. The summed E-state index contributed by atoms with van der Waals surface area (Å²) in [6, 6.07) is 14.4. The van der Waals surface area contributed by atoms with Crippen LogP contribution in [0.25, 0.3) is 0 Å². The number of para-hydroxylation sites is 1. The van der Waals surface area contributed by atoms with Crippen molar-refractivity contribution in [1.82, 2.24) is 0 Å². The Morgan fingerprint density at radius 2 is 1.67 bits per heavy atom. The minimum atomic E-state index is -0.293. The second-order valence-corrected chi connectivity index (χ2v) is 7.27. The number of aromatic hydroxyl groups is 1. The van der Waals surface area contributed by atoms with Crippen LogP contribution >= 0.6 is 0 Å². The number of rotatable bonds is 3. The smallest absolute Gasteiger partial charge is 0.292 e. The topological polar surface area (TPSA) is 65.3 Å². The third-order valence-electron chi connectivity index (χ3n) is 5.62. The first-order valence-electron chi connectivity index (χ1n) is 9.35. The Morgan fingerprint density at radius 1 is 1.00 bits per heavy atom. The maximum absolute atomic E-state index is 13.0. The molecule has 0 aromatic heterocycles. The Hall–Kier alpha value is -2.86. The number of carbonyl (C=O) groups is 2. The number of anilines is 2. The molecule has 0 bridgehead atoms. The number of carbonyl (C=O) groups excluding carboxylic acids is 2. The van der Waals surface area contributed by atoms with Gasteiger partial charge in [-0.05, 0) is 42.8 Å². The van der Waals surface area contributed by atoms with Crippen LogP contribution in [-0.4, -0.2) is 49.1 Å². The zero-order valence-electron chi connectivity index (χ0n) is 15.4. The summed E-state index contributed by atoms with van der Waals surface area (Å²) in [4.78, 5) is 30.4. The molecule has 2 heterocycles. The molecule has 2 amide bonds. The van der Waals surface area contributed by atoms with Gasteiger partial charge < -0.3 is 14.9 Å².